The Morgan fingerprint density at radius 1 is 1.32 bits per heavy atom. The van der Waals surface area contributed by atoms with Gasteiger partial charge in [-0.2, -0.15) is 5.10 Å². The minimum atomic E-state index is -0.107. The number of hydrogen-bond acceptors (Lipinski definition) is 3. The van der Waals surface area contributed by atoms with E-state index in [1.807, 2.05) is 20.8 Å². The van der Waals surface area contributed by atoms with Crippen LogP contribution >= 0.6 is 11.6 Å². The number of aryl methyl sites for hydroxylation is 3. The van der Waals surface area contributed by atoms with Gasteiger partial charge in [0.25, 0.3) is 0 Å². The van der Waals surface area contributed by atoms with Crippen molar-refractivity contribution in [2.24, 2.45) is 0 Å². The molecule has 4 nitrogen and oxygen atoms in total. The molecule has 0 unspecified atom stereocenters. The van der Waals surface area contributed by atoms with Gasteiger partial charge in [-0.05, 0) is 32.4 Å². The quantitative estimate of drug-likeness (QED) is 0.807. The molecule has 0 fully saturated rings. The van der Waals surface area contributed by atoms with Crippen molar-refractivity contribution in [1.29, 1.82) is 0 Å². The van der Waals surface area contributed by atoms with Crippen LogP contribution in [0.2, 0.25) is 5.02 Å². The smallest absolute Gasteiger partial charge is 0.212 e. The molecule has 2 aromatic heterocycles. The molecule has 0 aliphatic carbocycles. The molecular formula is C14H16ClN3O. The van der Waals surface area contributed by atoms with Crippen LogP contribution in [0.3, 0.4) is 0 Å². The molecule has 5 heteroatoms. The number of carbonyl (C=O) groups excluding carboxylic acids is 1. The highest BCUT2D eigenvalue weighted by Gasteiger charge is 2.19. The van der Waals surface area contributed by atoms with Gasteiger partial charge in [0.05, 0.1) is 11.2 Å². The zero-order chi connectivity index (χ0) is 14.0. The van der Waals surface area contributed by atoms with Gasteiger partial charge in [0.2, 0.25) is 5.78 Å². The Morgan fingerprint density at radius 2 is 1.95 bits per heavy atom. The van der Waals surface area contributed by atoms with Gasteiger partial charge in [-0.15, -0.1) is 0 Å². The summed E-state index contributed by atoms with van der Waals surface area (Å²) >= 11 is 6.09. The predicted octanol–water partition coefficient (Wildman–Crippen LogP) is 3.19. The molecule has 2 aromatic rings. The molecule has 100 valence electrons. The van der Waals surface area contributed by atoms with Crippen LogP contribution in [0.5, 0.6) is 0 Å². The van der Waals surface area contributed by atoms with Crippen molar-refractivity contribution in [3.8, 4) is 0 Å². The molecule has 0 radical (unpaired) electrons. The maximum atomic E-state index is 12.6. The van der Waals surface area contributed by atoms with Crippen LogP contribution < -0.4 is 0 Å². The summed E-state index contributed by atoms with van der Waals surface area (Å²) in [6.45, 7) is 6.45. The van der Waals surface area contributed by atoms with E-state index >= 15 is 0 Å². The average Bonchev–Trinajstić information content (AvgIpc) is 2.69. The SMILES string of the molecule is CCCn1ncc(Cl)c1C(=O)c1cc(C)nc(C)c1. The molecule has 0 N–H and O–H groups in total. The number of nitrogens with zero attached hydrogens (tertiary/aromatic N) is 3. The topological polar surface area (TPSA) is 47.8 Å². The first-order valence-corrected chi connectivity index (χ1v) is 6.62. The highest BCUT2D eigenvalue weighted by atomic mass is 35.5. The van der Waals surface area contributed by atoms with Crippen molar-refractivity contribution in [2.45, 2.75) is 33.7 Å². The Morgan fingerprint density at radius 3 is 2.53 bits per heavy atom. The number of carbonyl (C=O) groups is 1. The van der Waals surface area contributed by atoms with Gasteiger partial charge in [0.15, 0.2) is 0 Å². The minimum absolute atomic E-state index is 0.107. The van der Waals surface area contributed by atoms with Crippen LogP contribution in [0.25, 0.3) is 0 Å². The summed E-state index contributed by atoms with van der Waals surface area (Å²) < 4.78 is 1.66. The predicted molar refractivity (Wildman–Crippen MR) is 74.7 cm³/mol. The first kappa shape index (κ1) is 13.7. The van der Waals surface area contributed by atoms with Gasteiger partial charge in [-0.3, -0.25) is 14.5 Å². The Labute approximate surface area is 117 Å². The number of aromatic nitrogens is 3. The van der Waals surface area contributed by atoms with Crippen molar-refractivity contribution < 1.29 is 4.79 Å². The van der Waals surface area contributed by atoms with Gasteiger partial charge in [-0.1, -0.05) is 18.5 Å². The fraction of sp³-hybridized carbons (Fsp3) is 0.357. The first-order valence-electron chi connectivity index (χ1n) is 6.24. The molecule has 0 aliphatic heterocycles. The van der Waals surface area contributed by atoms with Crippen LogP contribution in [0.15, 0.2) is 18.3 Å². The van der Waals surface area contributed by atoms with E-state index in [2.05, 4.69) is 10.1 Å². The summed E-state index contributed by atoms with van der Waals surface area (Å²) in [5.74, 6) is -0.107. The van der Waals surface area contributed by atoms with Crippen LogP contribution in [0.1, 0.15) is 40.8 Å². The Kier molecular flexibility index (Phi) is 4.00. The van der Waals surface area contributed by atoms with Crippen molar-refractivity contribution >= 4 is 17.4 Å². The second-order valence-corrected chi connectivity index (χ2v) is 4.94. The van der Waals surface area contributed by atoms with Gasteiger partial charge in [0, 0.05) is 23.5 Å². The largest absolute Gasteiger partial charge is 0.287 e. The number of halogens is 1. The first-order chi connectivity index (χ1) is 9.02. The molecule has 0 atom stereocenters. The third kappa shape index (κ3) is 2.84. The maximum Gasteiger partial charge on any atom is 0.212 e. The van der Waals surface area contributed by atoms with Crippen LogP contribution in [0, 0.1) is 13.8 Å². The molecule has 0 aliphatic rings. The maximum absolute atomic E-state index is 12.6. The normalized spacial score (nSPS) is 10.7. The summed E-state index contributed by atoms with van der Waals surface area (Å²) in [5, 5.41) is 4.54. The van der Waals surface area contributed by atoms with Crippen LogP contribution in [-0.2, 0) is 6.54 Å². The standard InChI is InChI=1S/C14H16ClN3O/c1-4-5-18-13(12(15)8-16-18)14(19)11-6-9(2)17-10(3)7-11/h6-8H,4-5H2,1-3H3. The lowest BCUT2D eigenvalue weighted by Crippen LogP contribution is -2.12. The van der Waals surface area contributed by atoms with E-state index in [1.165, 1.54) is 6.20 Å². The molecule has 0 amide bonds. The molecule has 0 bridgehead atoms. The van der Waals surface area contributed by atoms with E-state index in [9.17, 15) is 4.79 Å². The fourth-order valence-corrected chi connectivity index (χ4v) is 2.30. The zero-order valence-corrected chi connectivity index (χ0v) is 12.0. The number of rotatable bonds is 4. The minimum Gasteiger partial charge on any atom is -0.287 e. The van der Waals surface area contributed by atoms with Gasteiger partial charge < -0.3 is 0 Å². The number of ketones is 1. The fourth-order valence-electron chi connectivity index (χ4n) is 2.07. The van der Waals surface area contributed by atoms with E-state index in [1.54, 1.807) is 16.8 Å². The highest BCUT2D eigenvalue weighted by molar-refractivity contribution is 6.34. The van der Waals surface area contributed by atoms with Crippen molar-refractivity contribution in [2.75, 3.05) is 0 Å². The second kappa shape index (κ2) is 5.53. The Hall–Kier alpha value is -1.68. The lowest BCUT2D eigenvalue weighted by atomic mass is 10.1. The van der Waals surface area contributed by atoms with E-state index in [-0.39, 0.29) is 5.78 Å². The van der Waals surface area contributed by atoms with Crippen molar-refractivity contribution in [3.05, 3.63) is 46.0 Å². The lowest BCUT2D eigenvalue weighted by Gasteiger charge is -2.07. The van der Waals surface area contributed by atoms with Crippen molar-refractivity contribution in [1.82, 2.24) is 14.8 Å². The van der Waals surface area contributed by atoms with E-state index < -0.39 is 0 Å². The van der Waals surface area contributed by atoms with Gasteiger partial charge in [0.1, 0.15) is 5.69 Å². The van der Waals surface area contributed by atoms with E-state index in [0.29, 0.717) is 22.8 Å². The molecule has 2 heterocycles. The molecule has 0 spiro atoms. The summed E-state index contributed by atoms with van der Waals surface area (Å²) in [6.07, 6.45) is 2.41. The van der Waals surface area contributed by atoms with Gasteiger partial charge >= 0.3 is 0 Å². The Bertz CT molecular complexity index is 599. The van der Waals surface area contributed by atoms with E-state index in [0.717, 1.165) is 17.8 Å². The summed E-state index contributed by atoms with van der Waals surface area (Å²) in [5.41, 5.74) is 2.69. The molecule has 0 saturated heterocycles. The summed E-state index contributed by atoms with van der Waals surface area (Å²) in [7, 11) is 0. The highest BCUT2D eigenvalue weighted by Crippen LogP contribution is 2.20. The Balaban J connectivity index is 2.46. The molecule has 0 aromatic carbocycles. The molecule has 19 heavy (non-hydrogen) atoms. The zero-order valence-electron chi connectivity index (χ0n) is 11.3. The molecular weight excluding hydrogens is 262 g/mol. The molecule has 2 rings (SSSR count). The van der Waals surface area contributed by atoms with Crippen LogP contribution in [-0.4, -0.2) is 20.5 Å². The number of pyridine rings is 1. The summed E-state index contributed by atoms with van der Waals surface area (Å²) in [4.78, 5) is 16.8. The summed E-state index contributed by atoms with van der Waals surface area (Å²) in [6, 6.07) is 3.55. The second-order valence-electron chi connectivity index (χ2n) is 4.53. The monoisotopic (exact) mass is 277 g/mol. The van der Waals surface area contributed by atoms with Crippen molar-refractivity contribution in [3.63, 3.8) is 0 Å². The number of hydrogen-bond donors (Lipinski definition) is 0. The lowest BCUT2D eigenvalue weighted by molar-refractivity contribution is 0.102. The molecule has 0 saturated carbocycles. The van der Waals surface area contributed by atoms with E-state index in [4.69, 9.17) is 11.6 Å². The van der Waals surface area contributed by atoms with Gasteiger partial charge in [-0.25, -0.2) is 0 Å². The third-order valence-corrected chi connectivity index (χ3v) is 3.07. The van der Waals surface area contributed by atoms with Crippen LogP contribution in [0.4, 0.5) is 0 Å². The average molecular weight is 278 g/mol. The third-order valence-electron chi connectivity index (χ3n) is 2.79.